The van der Waals surface area contributed by atoms with Crippen LogP contribution in [-0.2, 0) is 11.2 Å². The van der Waals surface area contributed by atoms with E-state index in [1.165, 1.54) is 0 Å². The Morgan fingerprint density at radius 1 is 1.60 bits per heavy atom. The van der Waals surface area contributed by atoms with E-state index < -0.39 is 5.97 Å². The van der Waals surface area contributed by atoms with Crippen molar-refractivity contribution >= 4 is 21.9 Å². The highest BCUT2D eigenvalue weighted by Gasteiger charge is 2.11. The first-order valence-electron chi connectivity index (χ1n) is 4.72. The topological polar surface area (TPSA) is 39.4 Å². The molecule has 1 heterocycles. The molecule has 0 amide bonds. The lowest BCUT2D eigenvalue weighted by atomic mass is 10.2. The second kappa shape index (κ2) is 5.75. The van der Waals surface area contributed by atoms with E-state index in [2.05, 4.69) is 22.5 Å². The molecule has 1 aromatic heterocycles. The summed E-state index contributed by atoms with van der Waals surface area (Å²) in [4.78, 5) is 11.3. The van der Waals surface area contributed by atoms with Gasteiger partial charge in [-0.3, -0.25) is 0 Å². The molecule has 3 nitrogen and oxygen atoms in total. The van der Waals surface area contributed by atoms with Crippen LogP contribution < -0.4 is 0 Å². The van der Waals surface area contributed by atoms with Gasteiger partial charge in [0.05, 0.1) is 6.61 Å². The summed E-state index contributed by atoms with van der Waals surface area (Å²) in [5.74, 6) is 0.604. The highest BCUT2D eigenvalue weighted by atomic mass is 79.9. The summed E-state index contributed by atoms with van der Waals surface area (Å²) in [5.41, 5.74) is 0. The first-order valence-corrected chi connectivity index (χ1v) is 5.52. The smallest absolute Gasteiger partial charge is 0.374 e. The van der Waals surface area contributed by atoms with E-state index in [1.807, 2.05) is 0 Å². The number of esters is 1. The van der Waals surface area contributed by atoms with Gasteiger partial charge in [0, 0.05) is 6.42 Å². The Morgan fingerprint density at radius 2 is 2.33 bits per heavy atom. The molecule has 0 aromatic carbocycles. The number of allylic oxidation sites excluding steroid dienone is 1. The van der Waals surface area contributed by atoms with Crippen LogP contribution in [0, 0.1) is 0 Å². The fraction of sp³-hybridized carbons (Fsp3) is 0.364. The number of ether oxygens (including phenoxy) is 1. The molecule has 0 unspecified atom stereocenters. The van der Waals surface area contributed by atoms with Crippen molar-refractivity contribution in [3.05, 3.63) is 34.7 Å². The Balaban J connectivity index is 2.56. The van der Waals surface area contributed by atoms with Gasteiger partial charge < -0.3 is 9.15 Å². The van der Waals surface area contributed by atoms with Crippen LogP contribution >= 0.6 is 15.9 Å². The number of hydrogen-bond acceptors (Lipinski definition) is 3. The second-order valence-electron chi connectivity index (χ2n) is 3.00. The molecule has 0 saturated carbocycles. The molecule has 0 aliphatic heterocycles. The van der Waals surface area contributed by atoms with E-state index in [0.717, 1.165) is 23.1 Å². The average molecular weight is 273 g/mol. The predicted molar refractivity (Wildman–Crippen MR) is 61.1 cm³/mol. The lowest BCUT2D eigenvalue weighted by Crippen LogP contribution is -2.02. The number of halogens is 1. The third-order valence-corrected chi connectivity index (χ3v) is 2.18. The Morgan fingerprint density at radius 3 is 2.93 bits per heavy atom. The van der Waals surface area contributed by atoms with Gasteiger partial charge in [-0.25, -0.2) is 4.79 Å². The fourth-order valence-corrected chi connectivity index (χ4v) is 1.28. The van der Waals surface area contributed by atoms with E-state index in [1.54, 1.807) is 19.1 Å². The van der Waals surface area contributed by atoms with Crippen LogP contribution in [0.4, 0.5) is 0 Å². The van der Waals surface area contributed by atoms with E-state index in [-0.39, 0.29) is 5.76 Å². The van der Waals surface area contributed by atoms with Gasteiger partial charge in [-0.2, -0.15) is 0 Å². The number of rotatable bonds is 5. The van der Waals surface area contributed by atoms with Gasteiger partial charge in [-0.15, -0.1) is 0 Å². The molecular formula is C11H13BrO3. The van der Waals surface area contributed by atoms with Crippen molar-refractivity contribution in [1.82, 2.24) is 0 Å². The monoisotopic (exact) mass is 272 g/mol. The fourth-order valence-electron chi connectivity index (χ4n) is 1.08. The Bertz CT molecular complexity index is 354. The molecular weight excluding hydrogens is 260 g/mol. The Hall–Kier alpha value is -1.03. The lowest BCUT2D eigenvalue weighted by molar-refractivity contribution is 0.0488. The Labute approximate surface area is 97.2 Å². The van der Waals surface area contributed by atoms with Crippen LogP contribution in [0.3, 0.4) is 0 Å². The molecule has 0 aliphatic rings. The molecule has 0 saturated heterocycles. The maximum Gasteiger partial charge on any atom is 0.374 e. The molecule has 1 rings (SSSR count). The van der Waals surface area contributed by atoms with E-state index in [9.17, 15) is 4.79 Å². The van der Waals surface area contributed by atoms with Crippen LogP contribution in [0.5, 0.6) is 0 Å². The summed E-state index contributed by atoms with van der Waals surface area (Å²) < 4.78 is 11.0. The average Bonchev–Trinajstić information content (AvgIpc) is 2.63. The van der Waals surface area contributed by atoms with E-state index in [0.29, 0.717) is 6.61 Å². The van der Waals surface area contributed by atoms with Gasteiger partial charge in [-0.1, -0.05) is 22.5 Å². The molecule has 0 radical (unpaired) electrons. The minimum atomic E-state index is -0.415. The van der Waals surface area contributed by atoms with Gasteiger partial charge in [0.15, 0.2) is 0 Å². The number of carbonyl (C=O) groups excluding carboxylic acids is 1. The quantitative estimate of drug-likeness (QED) is 0.773. The molecule has 0 aliphatic carbocycles. The van der Waals surface area contributed by atoms with Gasteiger partial charge in [0.1, 0.15) is 5.76 Å². The minimum Gasteiger partial charge on any atom is -0.460 e. The summed E-state index contributed by atoms with van der Waals surface area (Å²) >= 11 is 3.26. The van der Waals surface area contributed by atoms with Gasteiger partial charge in [0.2, 0.25) is 5.76 Å². The van der Waals surface area contributed by atoms with Crippen molar-refractivity contribution in [1.29, 1.82) is 0 Å². The van der Waals surface area contributed by atoms with E-state index >= 15 is 0 Å². The molecule has 0 fully saturated rings. The number of hydrogen-bond donors (Lipinski definition) is 0. The molecule has 0 bridgehead atoms. The summed E-state index contributed by atoms with van der Waals surface area (Å²) in [5, 5.41) is 0. The second-order valence-corrected chi connectivity index (χ2v) is 4.13. The van der Waals surface area contributed by atoms with Gasteiger partial charge in [-0.05, 0) is 30.0 Å². The van der Waals surface area contributed by atoms with Crippen molar-refractivity contribution < 1.29 is 13.9 Å². The predicted octanol–water partition coefficient (Wildman–Crippen LogP) is 3.30. The standard InChI is InChI=1S/C11H13BrO3/c1-3-14-11(13)10-7-6-9(15-10)5-4-8(2)12/h6-7H,2-5H2,1H3. The highest BCUT2D eigenvalue weighted by Crippen LogP contribution is 2.15. The van der Waals surface area contributed by atoms with Crippen LogP contribution in [-0.4, -0.2) is 12.6 Å². The first kappa shape index (κ1) is 12.0. The van der Waals surface area contributed by atoms with Crippen LogP contribution in [0.15, 0.2) is 27.6 Å². The van der Waals surface area contributed by atoms with Gasteiger partial charge >= 0.3 is 5.97 Å². The van der Waals surface area contributed by atoms with Crippen LogP contribution in [0.1, 0.15) is 29.7 Å². The number of furan rings is 1. The van der Waals surface area contributed by atoms with Crippen molar-refractivity contribution in [3.8, 4) is 0 Å². The van der Waals surface area contributed by atoms with Crippen molar-refractivity contribution in [2.24, 2.45) is 0 Å². The number of carbonyl (C=O) groups is 1. The first-order chi connectivity index (χ1) is 7.13. The maximum atomic E-state index is 11.3. The largest absolute Gasteiger partial charge is 0.460 e. The number of aryl methyl sites for hydroxylation is 1. The zero-order chi connectivity index (χ0) is 11.3. The Kier molecular flexibility index (Phi) is 4.62. The van der Waals surface area contributed by atoms with Crippen molar-refractivity contribution in [2.45, 2.75) is 19.8 Å². The van der Waals surface area contributed by atoms with E-state index in [4.69, 9.17) is 9.15 Å². The molecule has 4 heteroatoms. The van der Waals surface area contributed by atoms with Crippen LogP contribution in [0.25, 0.3) is 0 Å². The summed E-state index contributed by atoms with van der Waals surface area (Å²) in [6.45, 7) is 5.84. The molecule has 0 spiro atoms. The summed E-state index contributed by atoms with van der Waals surface area (Å²) in [6.07, 6.45) is 1.51. The SMILES string of the molecule is C=C(Br)CCc1ccc(C(=O)OCC)o1. The summed E-state index contributed by atoms with van der Waals surface area (Å²) in [7, 11) is 0. The lowest BCUT2D eigenvalue weighted by Gasteiger charge is -1.97. The zero-order valence-electron chi connectivity index (χ0n) is 8.59. The normalized spacial score (nSPS) is 10.0. The zero-order valence-corrected chi connectivity index (χ0v) is 10.2. The highest BCUT2D eigenvalue weighted by molar-refractivity contribution is 9.11. The van der Waals surface area contributed by atoms with Crippen molar-refractivity contribution in [3.63, 3.8) is 0 Å². The van der Waals surface area contributed by atoms with Crippen LogP contribution in [0.2, 0.25) is 0 Å². The molecule has 0 N–H and O–H groups in total. The molecule has 1 aromatic rings. The van der Waals surface area contributed by atoms with Gasteiger partial charge in [0.25, 0.3) is 0 Å². The third kappa shape index (κ3) is 3.91. The summed E-state index contributed by atoms with van der Waals surface area (Å²) in [6, 6.07) is 3.41. The molecule has 0 atom stereocenters. The molecule has 82 valence electrons. The maximum absolute atomic E-state index is 11.3. The minimum absolute atomic E-state index is 0.257. The third-order valence-electron chi connectivity index (χ3n) is 1.78. The van der Waals surface area contributed by atoms with Crippen molar-refractivity contribution in [2.75, 3.05) is 6.61 Å². The molecule has 15 heavy (non-hydrogen) atoms.